The third-order valence-corrected chi connectivity index (χ3v) is 6.30. The smallest absolute Gasteiger partial charge is 0.325 e. The SMILES string of the molecule is C=C(C)CN1C(=O)NC(CC)(C2CCN(C(=O)c3cc4ccccc4o3)CC2)C1=O. The Labute approximate surface area is 175 Å². The predicted molar refractivity (Wildman–Crippen MR) is 113 cm³/mol. The first-order valence-corrected chi connectivity index (χ1v) is 10.4. The molecule has 2 aliphatic heterocycles. The molecule has 3 heterocycles. The summed E-state index contributed by atoms with van der Waals surface area (Å²) in [5.41, 5.74) is 0.551. The maximum Gasteiger partial charge on any atom is 0.325 e. The second-order valence-corrected chi connectivity index (χ2v) is 8.32. The van der Waals surface area contributed by atoms with Crippen molar-refractivity contribution >= 4 is 28.8 Å². The van der Waals surface area contributed by atoms with Crippen LogP contribution in [0.5, 0.6) is 0 Å². The number of furan rings is 1. The maximum atomic E-state index is 13.1. The highest BCUT2D eigenvalue weighted by Gasteiger charge is 2.54. The average molecular weight is 409 g/mol. The molecule has 0 bridgehead atoms. The normalized spacial score (nSPS) is 22.6. The van der Waals surface area contributed by atoms with Gasteiger partial charge < -0.3 is 14.6 Å². The molecule has 1 aromatic heterocycles. The lowest BCUT2D eigenvalue weighted by Crippen LogP contribution is -2.56. The fourth-order valence-corrected chi connectivity index (χ4v) is 4.68. The lowest BCUT2D eigenvalue weighted by molar-refractivity contribution is -0.133. The summed E-state index contributed by atoms with van der Waals surface area (Å²) in [4.78, 5) is 41.5. The number of nitrogens with one attached hydrogen (secondary N) is 1. The Balaban J connectivity index is 1.46. The third kappa shape index (κ3) is 3.28. The minimum absolute atomic E-state index is 0.0196. The minimum atomic E-state index is -0.902. The van der Waals surface area contributed by atoms with E-state index in [4.69, 9.17) is 4.42 Å². The van der Waals surface area contributed by atoms with Gasteiger partial charge in [0.15, 0.2) is 5.76 Å². The summed E-state index contributed by atoms with van der Waals surface area (Å²) in [6.07, 6.45) is 1.81. The van der Waals surface area contributed by atoms with E-state index in [1.807, 2.05) is 31.2 Å². The van der Waals surface area contributed by atoms with Crippen LogP contribution in [0, 0.1) is 5.92 Å². The molecule has 2 aliphatic rings. The van der Waals surface area contributed by atoms with Crippen LogP contribution in [0.4, 0.5) is 4.79 Å². The number of carbonyl (C=O) groups is 3. The van der Waals surface area contributed by atoms with Crippen molar-refractivity contribution < 1.29 is 18.8 Å². The highest BCUT2D eigenvalue weighted by Crippen LogP contribution is 2.36. The van der Waals surface area contributed by atoms with Gasteiger partial charge in [-0.15, -0.1) is 0 Å². The Kier molecular flexibility index (Phi) is 5.13. The van der Waals surface area contributed by atoms with Gasteiger partial charge in [0.1, 0.15) is 11.1 Å². The van der Waals surface area contributed by atoms with Crippen molar-refractivity contribution in [2.45, 2.75) is 38.6 Å². The number of rotatable bonds is 5. The van der Waals surface area contributed by atoms with Gasteiger partial charge >= 0.3 is 6.03 Å². The summed E-state index contributed by atoms with van der Waals surface area (Å²) >= 11 is 0. The number of hydrogen-bond acceptors (Lipinski definition) is 4. The van der Waals surface area contributed by atoms with Crippen LogP contribution in [0.25, 0.3) is 11.0 Å². The molecule has 1 atom stereocenters. The molecule has 1 N–H and O–H groups in total. The van der Waals surface area contributed by atoms with Crippen molar-refractivity contribution in [2.75, 3.05) is 19.6 Å². The Bertz CT molecular complexity index is 985. The van der Waals surface area contributed by atoms with Gasteiger partial charge in [0, 0.05) is 18.5 Å². The molecule has 1 aromatic carbocycles. The lowest BCUT2D eigenvalue weighted by Gasteiger charge is -2.40. The van der Waals surface area contributed by atoms with Gasteiger partial charge in [-0.1, -0.05) is 37.3 Å². The molecule has 158 valence electrons. The molecule has 1 unspecified atom stereocenters. The minimum Gasteiger partial charge on any atom is -0.451 e. The van der Waals surface area contributed by atoms with E-state index in [1.54, 1.807) is 17.9 Å². The molecule has 0 saturated carbocycles. The number of fused-ring (bicyclic) bond motifs is 1. The molecule has 7 heteroatoms. The van der Waals surface area contributed by atoms with Crippen LogP contribution in [0.2, 0.25) is 0 Å². The number of nitrogens with zero attached hydrogens (tertiary/aromatic N) is 2. The largest absolute Gasteiger partial charge is 0.451 e. The number of urea groups is 1. The van der Waals surface area contributed by atoms with E-state index in [0.717, 1.165) is 11.0 Å². The molecule has 4 amide bonds. The van der Waals surface area contributed by atoms with Crippen molar-refractivity contribution in [3.05, 3.63) is 48.2 Å². The molecular formula is C23H27N3O4. The summed E-state index contributed by atoms with van der Waals surface area (Å²) in [5.74, 6) is -0.00696. The summed E-state index contributed by atoms with van der Waals surface area (Å²) in [6.45, 7) is 8.82. The van der Waals surface area contributed by atoms with Gasteiger partial charge in [-0.2, -0.15) is 0 Å². The molecule has 0 spiro atoms. The highest BCUT2D eigenvalue weighted by molar-refractivity contribution is 6.07. The average Bonchev–Trinajstić information content (AvgIpc) is 3.28. The lowest BCUT2D eigenvalue weighted by atomic mass is 9.75. The molecular weight excluding hydrogens is 382 g/mol. The number of benzene rings is 1. The van der Waals surface area contributed by atoms with Gasteiger partial charge in [0.2, 0.25) is 0 Å². The van der Waals surface area contributed by atoms with Crippen molar-refractivity contribution in [1.29, 1.82) is 0 Å². The van der Waals surface area contributed by atoms with Crippen LogP contribution in [-0.2, 0) is 4.79 Å². The number of amides is 4. The second kappa shape index (κ2) is 7.63. The first-order valence-electron chi connectivity index (χ1n) is 10.4. The van der Waals surface area contributed by atoms with E-state index in [9.17, 15) is 14.4 Å². The number of imide groups is 1. The molecule has 7 nitrogen and oxygen atoms in total. The van der Waals surface area contributed by atoms with E-state index in [1.165, 1.54) is 4.90 Å². The zero-order valence-electron chi connectivity index (χ0n) is 17.4. The number of hydrogen-bond donors (Lipinski definition) is 1. The zero-order valence-corrected chi connectivity index (χ0v) is 17.4. The van der Waals surface area contributed by atoms with Gasteiger partial charge in [-0.25, -0.2) is 4.79 Å². The van der Waals surface area contributed by atoms with E-state index >= 15 is 0 Å². The summed E-state index contributed by atoms with van der Waals surface area (Å²) in [7, 11) is 0. The van der Waals surface area contributed by atoms with Crippen LogP contribution in [0.15, 0.2) is 46.9 Å². The molecule has 30 heavy (non-hydrogen) atoms. The first-order chi connectivity index (χ1) is 14.4. The van der Waals surface area contributed by atoms with Gasteiger partial charge in [0.05, 0.1) is 6.54 Å². The molecule has 2 aromatic rings. The molecule has 2 fully saturated rings. The van der Waals surface area contributed by atoms with Crippen molar-refractivity contribution in [3.63, 3.8) is 0 Å². The van der Waals surface area contributed by atoms with E-state index in [0.29, 0.717) is 43.7 Å². The molecule has 0 radical (unpaired) electrons. The Morgan fingerprint density at radius 1 is 1.27 bits per heavy atom. The van der Waals surface area contributed by atoms with Crippen molar-refractivity contribution in [1.82, 2.24) is 15.1 Å². The van der Waals surface area contributed by atoms with E-state index in [-0.39, 0.29) is 30.3 Å². The van der Waals surface area contributed by atoms with Gasteiger partial charge in [0.25, 0.3) is 11.8 Å². The van der Waals surface area contributed by atoms with E-state index < -0.39 is 5.54 Å². The first kappa shape index (κ1) is 20.2. The number of para-hydroxylation sites is 1. The van der Waals surface area contributed by atoms with E-state index in [2.05, 4.69) is 11.9 Å². The topological polar surface area (TPSA) is 82.9 Å². The Morgan fingerprint density at radius 3 is 2.60 bits per heavy atom. The van der Waals surface area contributed by atoms with Crippen molar-refractivity contribution in [2.24, 2.45) is 5.92 Å². The quantitative estimate of drug-likeness (QED) is 0.605. The fourth-order valence-electron chi connectivity index (χ4n) is 4.68. The van der Waals surface area contributed by atoms with Crippen LogP contribution in [0.1, 0.15) is 43.7 Å². The summed E-state index contributed by atoms with van der Waals surface area (Å²) in [6, 6.07) is 8.96. The number of piperidine rings is 1. The van der Waals surface area contributed by atoms with Crippen LogP contribution >= 0.6 is 0 Å². The monoisotopic (exact) mass is 409 g/mol. The maximum absolute atomic E-state index is 13.1. The molecule has 2 saturated heterocycles. The molecule has 0 aliphatic carbocycles. The summed E-state index contributed by atoms with van der Waals surface area (Å²) < 4.78 is 5.72. The third-order valence-electron chi connectivity index (χ3n) is 6.30. The Hall–Kier alpha value is -3.09. The standard InChI is InChI=1S/C23H27N3O4/c1-4-23(21(28)26(14-15(2)3)22(29)24-23)17-9-11-25(12-10-17)20(27)19-13-16-7-5-6-8-18(16)30-19/h5-8,13,17H,2,4,9-12,14H2,1,3H3,(H,24,29). The van der Waals surface area contributed by atoms with Gasteiger partial charge in [-0.05, 0) is 44.2 Å². The van der Waals surface area contributed by atoms with Crippen molar-refractivity contribution in [3.8, 4) is 0 Å². The van der Waals surface area contributed by atoms with Crippen LogP contribution in [0.3, 0.4) is 0 Å². The van der Waals surface area contributed by atoms with Crippen LogP contribution in [-0.4, -0.2) is 52.8 Å². The second-order valence-electron chi connectivity index (χ2n) is 8.32. The molecule has 4 rings (SSSR count). The highest BCUT2D eigenvalue weighted by atomic mass is 16.3. The predicted octanol–water partition coefficient (Wildman–Crippen LogP) is 3.56. The fraction of sp³-hybridized carbons (Fsp3) is 0.435. The van der Waals surface area contributed by atoms with Gasteiger partial charge in [-0.3, -0.25) is 14.5 Å². The zero-order chi connectivity index (χ0) is 21.5. The number of carbonyl (C=O) groups excluding carboxylic acids is 3. The number of likely N-dealkylation sites (tertiary alicyclic amines) is 1. The Morgan fingerprint density at radius 2 is 1.97 bits per heavy atom. The van der Waals surface area contributed by atoms with Crippen LogP contribution < -0.4 is 5.32 Å². The summed E-state index contributed by atoms with van der Waals surface area (Å²) in [5, 5.41) is 3.86.